The molecule has 6 nitrogen and oxygen atoms in total. The first-order valence-electron chi connectivity index (χ1n) is 7.84. The number of nitrogens with one attached hydrogen (secondary N) is 1. The minimum atomic E-state index is -5.32. The summed E-state index contributed by atoms with van der Waals surface area (Å²) in [4.78, 5) is 9.03. The molecule has 25 heavy (non-hydrogen) atoms. The van der Waals surface area contributed by atoms with Crippen LogP contribution in [0.4, 0.5) is 18.9 Å². The molecule has 0 bridgehead atoms. The van der Waals surface area contributed by atoms with Crippen LogP contribution < -0.4 is 4.90 Å². The van der Waals surface area contributed by atoms with E-state index in [1.165, 1.54) is 0 Å². The van der Waals surface area contributed by atoms with Gasteiger partial charge in [-0.3, -0.25) is 0 Å². The first kappa shape index (κ1) is 18.0. The summed E-state index contributed by atoms with van der Waals surface area (Å²) in [5, 5.41) is 0.841. The van der Waals surface area contributed by atoms with Gasteiger partial charge in [-0.1, -0.05) is 6.92 Å². The maximum atomic E-state index is 12.9. The number of likely N-dealkylation sites (N-methyl/N-ethyl adjacent to an activating group) is 1. The number of aromatic amines is 1. The number of aromatic nitrogens is 2. The van der Waals surface area contributed by atoms with Crippen LogP contribution in [0.25, 0.3) is 11.0 Å². The molecule has 1 aliphatic heterocycles. The highest BCUT2D eigenvalue weighted by Crippen LogP contribution is 2.34. The maximum Gasteiger partial charge on any atom is 0.511 e. The van der Waals surface area contributed by atoms with Crippen LogP contribution in [0.15, 0.2) is 24.5 Å². The van der Waals surface area contributed by atoms with Crippen molar-refractivity contribution >= 4 is 26.7 Å². The van der Waals surface area contributed by atoms with Gasteiger partial charge >= 0.3 is 15.5 Å². The second-order valence-electron chi connectivity index (χ2n) is 6.32. The minimum Gasteiger partial charge on any atom is -0.369 e. The standard InChI is InChI=1S/C15H19F3N4O2S/c1-10-5-8-22(25(23,24)15(16,17)18)9-13(10)21(2)12-4-7-20-14-11(12)3-6-19-14/h3-4,6-7,10,13H,5,8-9H2,1-2H3,(H,19,20)/t10-,13+/m1/s1. The van der Waals surface area contributed by atoms with Gasteiger partial charge in [-0.25, -0.2) is 13.4 Å². The Hall–Kier alpha value is -1.81. The van der Waals surface area contributed by atoms with E-state index in [1.54, 1.807) is 25.5 Å². The molecule has 0 unspecified atom stereocenters. The van der Waals surface area contributed by atoms with Crippen LogP contribution in [0.5, 0.6) is 0 Å². The molecule has 3 heterocycles. The number of sulfonamides is 1. The highest BCUT2D eigenvalue weighted by Gasteiger charge is 2.51. The van der Waals surface area contributed by atoms with E-state index in [4.69, 9.17) is 0 Å². The predicted molar refractivity (Wildman–Crippen MR) is 88.6 cm³/mol. The van der Waals surface area contributed by atoms with Crippen molar-refractivity contribution in [3.05, 3.63) is 24.5 Å². The number of halogens is 3. The van der Waals surface area contributed by atoms with Gasteiger partial charge in [0, 0.05) is 49.6 Å². The average molecular weight is 376 g/mol. The van der Waals surface area contributed by atoms with Gasteiger partial charge in [-0.2, -0.15) is 17.5 Å². The zero-order valence-electron chi connectivity index (χ0n) is 13.8. The third kappa shape index (κ3) is 3.08. The Morgan fingerprint density at radius 1 is 1.36 bits per heavy atom. The highest BCUT2D eigenvalue weighted by atomic mass is 32.2. The van der Waals surface area contributed by atoms with Crippen molar-refractivity contribution in [2.75, 3.05) is 25.0 Å². The zero-order chi connectivity index (χ0) is 18.4. The van der Waals surface area contributed by atoms with Crippen LogP contribution >= 0.6 is 0 Å². The predicted octanol–water partition coefficient (Wildman–Crippen LogP) is 2.56. The zero-order valence-corrected chi connectivity index (χ0v) is 14.6. The van der Waals surface area contributed by atoms with Crippen LogP contribution in [-0.2, 0) is 10.0 Å². The molecule has 3 rings (SSSR count). The van der Waals surface area contributed by atoms with Gasteiger partial charge in [0.2, 0.25) is 0 Å². The normalized spacial score (nSPS) is 23.1. The van der Waals surface area contributed by atoms with Crippen LogP contribution in [0.2, 0.25) is 0 Å². The molecule has 0 aliphatic carbocycles. The number of H-pyrrole nitrogens is 1. The Kier molecular flexibility index (Phi) is 4.44. The second kappa shape index (κ2) is 6.17. The second-order valence-corrected chi connectivity index (χ2v) is 8.25. The van der Waals surface area contributed by atoms with Gasteiger partial charge in [-0.05, 0) is 24.5 Å². The smallest absolute Gasteiger partial charge is 0.369 e. The number of rotatable bonds is 3. The summed E-state index contributed by atoms with van der Waals surface area (Å²) in [7, 11) is -3.54. The Labute approximate surface area is 143 Å². The molecule has 0 spiro atoms. The molecular formula is C15H19F3N4O2S. The SMILES string of the molecule is C[C@@H]1CCN(S(=O)(=O)C(F)(F)F)C[C@@H]1N(C)c1ccnc2[nH]ccc12. The third-order valence-electron chi connectivity index (χ3n) is 4.83. The van der Waals surface area contributed by atoms with E-state index < -0.39 is 15.5 Å². The lowest BCUT2D eigenvalue weighted by atomic mass is 9.93. The Morgan fingerprint density at radius 2 is 2.08 bits per heavy atom. The number of nitrogens with zero attached hydrogens (tertiary/aromatic N) is 3. The number of alkyl halides is 3. The molecule has 1 N–H and O–H groups in total. The van der Waals surface area contributed by atoms with Gasteiger partial charge in [0.15, 0.2) is 0 Å². The lowest BCUT2D eigenvalue weighted by Gasteiger charge is -2.42. The van der Waals surface area contributed by atoms with Crippen LogP contribution in [0.3, 0.4) is 0 Å². The van der Waals surface area contributed by atoms with Crippen LogP contribution in [0.1, 0.15) is 13.3 Å². The van der Waals surface area contributed by atoms with E-state index >= 15 is 0 Å². The molecule has 2 aromatic rings. The van der Waals surface area contributed by atoms with Crippen molar-refractivity contribution in [2.45, 2.75) is 24.9 Å². The average Bonchev–Trinajstić information content (AvgIpc) is 3.02. The monoisotopic (exact) mass is 376 g/mol. The molecule has 0 amide bonds. The van der Waals surface area contributed by atoms with Gasteiger partial charge in [0.05, 0.1) is 0 Å². The molecule has 1 fully saturated rings. The number of piperidine rings is 1. The minimum absolute atomic E-state index is 0.0480. The van der Waals surface area contributed by atoms with Crippen molar-refractivity contribution in [1.29, 1.82) is 0 Å². The maximum absolute atomic E-state index is 12.9. The fourth-order valence-electron chi connectivity index (χ4n) is 3.32. The van der Waals surface area contributed by atoms with E-state index in [0.717, 1.165) is 11.1 Å². The Balaban J connectivity index is 1.91. The molecule has 10 heteroatoms. The van der Waals surface area contributed by atoms with Gasteiger partial charge < -0.3 is 9.88 Å². The summed E-state index contributed by atoms with van der Waals surface area (Å²) in [5.74, 6) is 0.0480. The van der Waals surface area contributed by atoms with Crippen molar-refractivity contribution in [3.8, 4) is 0 Å². The lowest BCUT2D eigenvalue weighted by molar-refractivity contribution is -0.0498. The molecule has 2 aromatic heterocycles. The Bertz CT molecular complexity index is 865. The largest absolute Gasteiger partial charge is 0.511 e. The summed E-state index contributed by atoms with van der Waals surface area (Å²) < 4.78 is 62.7. The van der Waals surface area contributed by atoms with E-state index in [0.29, 0.717) is 16.4 Å². The summed E-state index contributed by atoms with van der Waals surface area (Å²) >= 11 is 0. The van der Waals surface area contributed by atoms with Crippen LogP contribution in [0, 0.1) is 5.92 Å². The van der Waals surface area contributed by atoms with Crippen molar-refractivity contribution in [2.24, 2.45) is 5.92 Å². The van der Waals surface area contributed by atoms with Gasteiger partial charge in [0.25, 0.3) is 0 Å². The van der Waals surface area contributed by atoms with E-state index in [1.807, 2.05) is 17.9 Å². The quantitative estimate of drug-likeness (QED) is 0.894. The Morgan fingerprint density at radius 3 is 2.76 bits per heavy atom. The third-order valence-corrected chi connectivity index (χ3v) is 6.42. The first-order valence-corrected chi connectivity index (χ1v) is 9.28. The van der Waals surface area contributed by atoms with Crippen molar-refractivity contribution in [1.82, 2.24) is 14.3 Å². The molecular weight excluding hydrogens is 357 g/mol. The molecule has 2 atom stereocenters. The van der Waals surface area contributed by atoms with Crippen molar-refractivity contribution in [3.63, 3.8) is 0 Å². The molecule has 0 aromatic carbocycles. The summed E-state index contributed by atoms with van der Waals surface area (Å²) in [6.07, 6.45) is 3.72. The highest BCUT2D eigenvalue weighted by molar-refractivity contribution is 7.90. The molecule has 0 saturated carbocycles. The van der Waals surface area contributed by atoms with Crippen LogP contribution in [-0.4, -0.2) is 54.4 Å². The van der Waals surface area contributed by atoms with E-state index in [9.17, 15) is 21.6 Å². The van der Waals surface area contributed by atoms with E-state index in [2.05, 4.69) is 9.97 Å². The van der Waals surface area contributed by atoms with Crippen molar-refractivity contribution < 1.29 is 21.6 Å². The number of hydrogen-bond acceptors (Lipinski definition) is 4. The summed E-state index contributed by atoms with van der Waals surface area (Å²) in [6, 6.07) is 3.25. The number of hydrogen-bond donors (Lipinski definition) is 1. The molecule has 138 valence electrons. The molecule has 0 radical (unpaired) electrons. The number of pyridine rings is 1. The molecule has 1 aliphatic rings. The fourth-order valence-corrected chi connectivity index (χ4v) is 4.31. The topological polar surface area (TPSA) is 69.3 Å². The lowest BCUT2D eigenvalue weighted by Crippen LogP contribution is -2.54. The fraction of sp³-hybridized carbons (Fsp3) is 0.533. The van der Waals surface area contributed by atoms with Gasteiger partial charge in [0.1, 0.15) is 5.65 Å². The van der Waals surface area contributed by atoms with E-state index in [-0.39, 0.29) is 25.0 Å². The number of anilines is 1. The summed E-state index contributed by atoms with van der Waals surface area (Å²) in [6.45, 7) is 1.60. The first-order chi connectivity index (χ1) is 11.6. The number of fused-ring (bicyclic) bond motifs is 1. The summed E-state index contributed by atoms with van der Waals surface area (Å²) in [5.41, 5.74) is -3.80. The van der Waals surface area contributed by atoms with Gasteiger partial charge in [-0.15, -0.1) is 0 Å². The molecule has 1 saturated heterocycles.